The van der Waals surface area contributed by atoms with Crippen molar-refractivity contribution in [2.75, 3.05) is 27.6 Å². The Morgan fingerprint density at radius 3 is 2.37 bits per heavy atom. The van der Waals surface area contributed by atoms with E-state index in [2.05, 4.69) is 0 Å². The fourth-order valence-electron chi connectivity index (χ4n) is 6.05. The monoisotopic (exact) mass is 596 g/mol. The first-order valence-corrected chi connectivity index (χ1v) is 14.1. The van der Waals surface area contributed by atoms with Crippen LogP contribution >= 0.6 is 0 Å². The molecule has 6 atom stereocenters. The minimum absolute atomic E-state index is 0.0426. The number of aliphatic hydroxyl groups excluding tert-OH is 2. The molecule has 0 radical (unpaired) electrons. The topological polar surface area (TPSA) is 141 Å². The maximum absolute atomic E-state index is 13.3. The number of ether oxygens (including phenoxy) is 9. The van der Waals surface area contributed by atoms with Gasteiger partial charge in [-0.25, -0.2) is 4.79 Å². The molecular formula is C31H32O12. The first-order chi connectivity index (χ1) is 20.8. The van der Waals surface area contributed by atoms with Gasteiger partial charge in [0.1, 0.15) is 36.8 Å². The lowest BCUT2D eigenvalue weighted by Crippen LogP contribution is -2.64. The highest BCUT2D eigenvalue weighted by atomic mass is 16.8. The Morgan fingerprint density at radius 1 is 0.884 bits per heavy atom. The molecule has 4 aliphatic heterocycles. The van der Waals surface area contributed by atoms with Crippen molar-refractivity contribution in [3.8, 4) is 39.9 Å². The second kappa shape index (κ2) is 10.7. The van der Waals surface area contributed by atoms with Crippen molar-refractivity contribution in [1.82, 2.24) is 0 Å². The maximum Gasteiger partial charge on any atom is 0.339 e. The minimum atomic E-state index is -1.47. The average molecular weight is 597 g/mol. The molecule has 12 heteroatoms. The molecule has 7 rings (SSSR count). The zero-order chi connectivity index (χ0) is 30.0. The molecule has 0 aromatic heterocycles. The van der Waals surface area contributed by atoms with Crippen LogP contribution in [0.25, 0.3) is 21.9 Å². The Morgan fingerprint density at radius 2 is 1.63 bits per heavy atom. The summed E-state index contributed by atoms with van der Waals surface area (Å²) in [4.78, 5) is 13.3. The van der Waals surface area contributed by atoms with Crippen molar-refractivity contribution in [1.29, 1.82) is 0 Å². The lowest BCUT2D eigenvalue weighted by molar-refractivity contribution is -0.353. The van der Waals surface area contributed by atoms with Gasteiger partial charge in [0.25, 0.3) is 0 Å². The van der Waals surface area contributed by atoms with E-state index in [1.807, 2.05) is 19.9 Å². The first-order valence-electron chi connectivity index (χ1n) is 14.1. The van der Waals surface area contributed by atoms with E-state index in [1.165, 1.54) is 14.2 Å². The molecule has 0 aliphatic carbocycles. The number of hydrogen-bond acceptors (Lipinski definition) is 12. The van der Waals surface area contributed by atoms with Gasteiger partial charge in [0.05, 0.1) is 26.4 Å². The molecule has 3 aromatic carbocycles. The summed E-state index contributed by atoms with van der Waals surface area (Å²) < 4.78 is 52.1. The standard InChI is InChI=1S/C31H32O12/c1-13(2)30-38-11-22-28(43-30)25(32)26(33)31(41-22)42-27-16-9-20(36-4)19(35-3)8-15(16)23(24-17(27)10-37-29(24)34)14-5-6-18-21(7-14)40-12-39-18/h5-9,13,22,25-26,28,30-33H,10-12H2,1-4H3/t22-,25-,26-,28-,30?,31+/m1/s1. The van der Waals surface area contributed by atoms with Crippen molar-refractivity contribution >= 4 is 16.7 Å². The lowest BCUT2D eigenvalue weighted by atomic mass is 9.89. The summed E-state index contributed by atoms with van der Waals surface area (Å²) in [5, 5.41) is 23.4. The largest absolute Gasteiger partial charge is 0.493 e. The molecule has 2 N–H and O–H groups in total. The zero-order valence-corrected chi connectivity index (χ0v) is 24.0. The highest BCUT2D eigenvalue weighted by molar-refractivity contribution is 6.14. The van der Waals surface area contributed by atoms with Crippen LogP contribution in [0, 0.1) is 5.92 Å². The molecule has 0 bridgehead atoms. The van der Waals surface area contributed by atoms with Crippen molar-refractivity contribution in [2.24, 2.45) is 5.92 Å². The Balaban J connectivity index is 1.36. The van der Waals surface area contributed by atoms with Crippen molar-refractivity contribution in [2.45, 2.75) is 57.5 Å². The normalized spacial score (nSPS) is 27.6. The molecule has 2 saturated heterocycles. The number of benzene rings is 3. The molecule has 2 fully saturated rings. The van der Waals surface area contributed by atoms with E-state index in [1.54, 1.807) is 24.3 Å². The van der Waals surface area contributed by atoms with E-state index >= 15 is 0 Å². The summed E-state index contributed by atoms with van der Waals surface area (Å²) in [6.45, 7) is 4.05. The predicted octanol–water partition coefficient (Wildman–Crippen LogP) is 3.15. The van der Waals surface area contributed by atoms with Crippen molar-refractivity contribution in [3.05, 3.63) is 41.5 Å². The van der Waals surface area contributed by atoms with Gasteiger partial charge in [-0.1, -0.05) is 19.9 Å². The molecule has 0 spiro atoms. The van der Waals surface area contributed by atoms with Gasteiger partial charge in [0.15, 0.2) is 29.3 Å². The number of esters is 1. The number of hydrogen-bond donors (Lipinski definition) is 2. The number of rotatable bonds is 6. The molecule has 228 valence electrons. The van der Waals surface area contributed by atoms with E-state index in [9.17, 15) is 15.0 Å². The van der Waals surface area contributed by atoms with Crippen LogP contribution in [0.3, 0.4) is 0 Å². The van der Waals surface area contributed by atoms with Gasteiger partial charge in [-0.2, -0.15) is 0 Å². The van der Waals surface area contributed by atoms with Crippen LogP contribution in [0.4, 0.5) is 0 Å². The van der Waals surface area contributed by atoms with Crippen LogP contribution in [0.5, 0.6) is 28.7 Å². The number of fused-ring (bicyclic) bond motifs is 4. The Hall–Kier alpha value is -3.81. The van der Waals surface area contributed by atoms with Crippen molar-refractivity contribution < 1.29 is 57.6 Å². The molecule has 1 unspecified atom stereocenters. The fourth-order valence-corrected chi connectivity index (χ4v) is 6.05. The van der Waals surface area contributed by atoms with Crippen LogP contribution < -0.4 is 23.7 Å². The third-order valence-electron chi connectivity index (χ3n) is 8.21. The molecule has 43 heavy (non-hydrogen) atoms. The Kier molecular flexibility index (Phi) is 6.98. The SMILES string of the molecule is COc1cc2c(O[C@@H]3O[C@@H]4COC(C(C)C)O[C@H]4[C@H](O)[C@H]3O)c3c(c(-c4ccc5c(c4)OCO5)c2cc1OC)C(=O)OC3. The molecule has 0 saturated carbocycles. The van der Waals surface area contributed by atoms with Gasteiger partial charge >= 0.3 is 5.97 Å². The summed E-state index contributed by atoms with van der Waals surface area (Å²) in [6, 6.07) is 8.91. The van der Waals surface area contributed by atoms with Crippen LogP contribution in [0.15, 0.2) is 30.3 Å². The van der Waals surface area contributed by atoms with Crippen molar-refractivity contribution in [3.63, 3.8) is 0 Å². The van der Waals surface area contributed by atoms with Crippen LogP contribution in [0.2, 0.25) is 0 Å². The summed E-state index contributed by atoms with van der Waals surface area (Å²) in [7, 11) is 3.03. The lowest BCUT2D eigenvalue weighted by Gasteiger charge is -2.46. The Labute approximate surface area is 246 Å². The average Bonchev–Trinajstić information content (AvgIpc) is 3.64. The number of aliphatic hydroxyl groups is 2. The highest BCUT2D eigenvalue weighted by Gasteiger charge is 2.50. The number of cyclic esters (lactones) is 1. The third kappa shape index (κ3) is 4.52. The smallest absolute Gasteiger partial charge is 0.339 e. The van der Waals surface area contributed by atoms with Gasteiger partial charge < -0.3 is 52.8 Å². The molecule has 0 amide bonds. The summed E-state index contributed by atoms with van der Waals surface area (Å²) in [5.74, 6) is 1.74. The fraction of sp³-hybridized carbons (Fsp3) is 0.452. The van der Waals surface area contributed by atoms with Gasteiger partial charge in [0.2, 0.25) is 13.1 Å². The summed E-state index contributed by atoms with van der Waals surface area (Å²) in [6.07, 6.45) is -6.13. The number of carbonyl (C=O) groups is 1. The molecule has 4 heterocycles. The molecular weight excluding hydrogens is 564 g/mol. The van der Waals surface area contributed by atoms with Crippen LogP contribution in [0.1, 0.15) is 29.8 Å². The quantitative estimate of drug-likeness (QED) is 0.404. The predicted molar refractivity (Wildman–Crippen MR) is 148 cm³/mol. The minimum Gasteiger partial charge on any atom is -0.493 e. The van der Waals surface area contributed by atoms with Crippen LogP contribution in [-0.2, 0) is 25.6 Å². The number of methoxy groups -OCH3 is 2. The van der Waals surface area contributed by atoms with Gasteiger partial charge in [0, 0.05) is 22.4 Å². The maximum atomic E-state index is 13.3. The summed E-state index contributed by atoms with van der Waals surface area (Å²) in [5.41, 5.74) is 2.02. The molecule has 3 aromatic rings. The van der Waals surface area contributed by atoms with E-state index in [0.29, 0.717) is 56.0 Å². The summed E-state index contributed by atoms with van der Waals surface area (Å²) >= 11 is 0. The van der Waals surface area contributed by atoms with E-state index < -0.39 is 43.0 Å². The molecule has 12 nitrogen and oxygen atoms in total. The first kappa shape index (κ1) is 28.0. The highest BCUT2D eigenvalue weighted by Crippen LogP contribution is 2.50. The van der Waals surface area contributed by atoms with Gasteiger partial charge in [-0.3, -0.25) is 0 Å². The Bertz CT molecular complexity index is 1580. The second-order valence-corrected chi connectivity index (χ2v) is 11.1. The molecule has 4 aliphatic rings. The van der Waals surface area contributed by atoms with Gasteiger partial charge in [-0.15, -0.1) is 0 Å². The second-order valence-electron chi connectivity index (χ2n) is 11.1. The third-order valence-corrected chi connectivity index (χ3v) is 8.21. The van der Waals surface area contributed by atoms with E-state index in [0.717, 1.165) is 0 Å². The van der Waals surface area contributed by atoms with Gasteiger partial charge in [-0.05, 0) is 35.2 Å². The van der Waals surface area contributed by atoms with E-state index in [4.69, 9.17) is 42.6 Å². The van der Waals surface area contributed by atoms with E-state index in [-0.39, 0.29) is 31.7 Å². The zero-order valence-electron chi connectivity index (χ0n) is 24.0. The number of carbonyl (C=O) groups excluding carboxylic acids is 1. The van der Waals surface area contributed by atoms with Crippen LogP contribution in [-0.4, -0.2) is 80.8 Å².